The first-order valence-electron chi connectivity index (χ1n) is 6.17. The number of amides is 1. The molecule has 6 heteroatoms. The first kappa shape index (κ1) is 16.9. The largest absolute Gasteiger partial charge is 0.481 e. The molecule has 1 amide bonds. The van der Waals surface area contributed by atoms with Gasteiger partial charge < -0.3 is 15.3 Å². The maximum absolute atomic E-state index is 10.8. The van der Waals surface area contributed by atoms with E-state index in [1.165, 1.54) is 6.92 Å². The Kier molecular flexibility index (Phi) is 8.32. The van der Waals surface area contributed by atoms with Crippen molar-refractivity contribution in [3.8, 4) is 0 Å². The number of carboxylic acids is 1. The van der Waals surface area contributed by atoms with Crippen LogP contribution in [0.25, 0.3) is 0 Å². The van der Waals surface area contributed by atoms with Crippen LogP contribution in [0.2, 0.25) is 0 Å². The zero-order chi connectivity index (χ0) is 14.1. The van der Waals surface area contributed by atoms with Gasteiger partial charge in [-0.2, -0.15) is 0 Å². The third-order valence-electron chi connectivity index (χ3n) is 2.62. The molecule has 0 heterocycles. The van der Waals surface area contributed by atoms with Crippen molar-refractivity contribution in [2.24, 2.45) is 5.92 Å². The van der Waals surface area contributed by atoms with Gasteiger partial charge in [0.05, 0.1) is 5.92 Å². The molecule has 0 bridgehead atoms. The molecule has 0 aliphatic heterocycles. The highest BCUT2D eigenvalue weighted by molar-refractivity contribution is 5.72. The number of nitrogens with zero attached hydrogens (tertiary/aromatic N) is 2. The van der Waals surface area contributed by atoms with E-state index >= 15 is 0 Å². The molecule has 0 spiro atoms. The molecule has 0 aliphatic rings. The van der Waals surface area contributed by atoms with Crippen molar-refractivity contribution in [2.45, 2.75) is 13.8 Å². The van der Waals surface area contributed by atoms with Crippen LogP contribution in [-0.2, 0) is 9.59 Å². The number of hydrogen-bond donors (Lipinski definition) is 2. The first-order chi connectivity index (χ1) is 8.32. The standard InChI is InChI=1S/C12H25N3O3/c1-10(12(17)18)9-15(8-7-14(3)4)6-5-13-11(2)16/h10H,5-9H2,1-4H3,(H,13,16)(H,17,18). The van der Waals surface area contributed by atoms with E-state index in [0.29, 0.717) is 19.6 Å². The number of aliphatic carboxylic acids is 1. The Morgan fingerprint density at radius 1 is 1.22 bits per heavy atom. The molecule has 0 saturated heterocycles. The van der Waals surface area contributed by atoms with E-state index < -0.39 is 11.9 Å². The monoisotopic (exact) mass is 259 g/mol. The van der Waals surface area contributed by atoms with Gasteiger partial charge in [-0.15, -0.1) is 0 Å². The van der Waals surface area contributed by atoms with Crippen molar-refractivity contribution in [3.63, 3.8) is 0 Å². The molecule has 0 saturated carbocycles. The van der Waals surface area contributed by atoms with Crippen LogP contribution in [0.15, 0.2) is 0 Å². The van der Waals surface area contributed by atoms with E-state index in [1.807, 2.05) is 14.1 Å². The minimum atomic E-state index is -0.788. The second-order valence-electron chi connectivity index (χ2n) is 4.83. The van der Waals surface area contributed by atoms with Gasteiger partial charge in [-0.3, -0.25) is 14.5 Å². The van der Waals surface area contributed by atoms with Crippen LogP contribution in [0, 0.1) is 5.92 Å². The molecule has 0 rings (SSSR count). The lowest BCUT2D eigenvalue weighted by atomic mass is 10.1. The molecule has 1 unspecified atom stereocenters. The maximum Gasteiger partial charge on any atom is 0.307 e. The number of hydrogen-bond acceptors (Lipinski definition) is 4. The number of nitrogens with one attached hydrogen (secondary N) is 1. The quantitative estimate of drug-likeness (QED) is 0.595. The number of carboxylic acid groups (broad SMARTS) is 1. The lowest BCUT2D eigenvalue weighted by Gasteiger charge is -2.25. The zero-order valence-corrected chi connectivity index (χ0v) is 11.8. The van der Waals surface area contributed by atoms with Crippen molar-refractivity contribution >= 4 is 11.9 Å². The second-order valence-corrected chi connectivity index (χ2v) is 4.83. The summed E-state index contributed by atoms with van der Waals surface area (Å²) in [6, 6.07) is 0. The lowest BCUT2D eigenvalue weighted by Crippen LogP contribution is -2.41. The van der Waals surface area contributed by atoms with Crippen LogP contribution < -0.4 is 5.32 Å². The van der Waals surface area contributed by atoms with E-state index in [2.05, 4.69) is 15.1 Å². The van der Waals surface area contributed by atoms with E-state index in [-0.39, 0.29) is 5.91 Å². The topological polar surface area (TPSA) is 72.9 Å². The maximum atomic E-state index is 10.8. The minimum absolute atomic E-state index is 0.0613. The number of carbonyl (C=O) groups excluding carboxylic acids is 1. The Morgan fingerprint density at radius 2 is 1.83 bits per heavy atom. The Morgan fingerprint density at radius 3 is 2.28 bits per heavy atom. The first-order valence-corrected chi connectivity index (χ1v) is 6.17. The molecule has 18 heavy (non-hydrogen) atoms. The van der Waals surface area contributed by atoms with Crippen LogP contribution in [-0.4, -0.2) is 73.6 Å². The number of carbonyl (C=O) groups is 2. The average molecular weight is 259 g/mol. The summed E-state index contributed by atoms with van der Waals surface area (Å²) in [5.41, 5.74) is 0. The highest BCUT2D eigenvalue weighted by Crippen LogP contribution is 2.00. The molecule has 0 aromatic heterocycles. The molecular weight excluding hydrogens is 234 g/mol. The van der Waals surface area contributed by atoms with Crippen molar-refractivity contribution in [2.75, 3.05) is 46.8 Å². The number of likely N-dealkylation sites (N-methyl/N-ethyl adjacent to an activating group) is 1. The summed E-state index contributed by atoms with van der Waals surface area (Å²) in [7, 11) is 3.96. The SMILES string of the molecule is CC(=O)NCCN(CCN(C)C)CC(C)C(=O)O. The van der Waals surface area contributed by atoms with Crippen LogP contribution >= 0.6 is 0 Å². The molecule has 0 fully saturated rings. The molecule has 0 aliphatic carbocycles. The molecule has 6 nitrogen and oxygen atoms in total. The van der Waals surface area contributed by atoms with Crippen molar-refractivity contribution in [1.82, 2.24) is 15.1 Å². The smallest absolute Gasteiger partial charge is 0.307 e. The van der Waals surface area contributed by atoms with Gasteiger partial charge in [0.1, 0.15) is 0 Å². The molecule has 2 N–H and O–H groups in total. The van der Waals surface area contributed by atoms with E-state index in [4.69, 9.17) is 5.11 Å². The van der Waals surface area contributed by atoms with Crippen LogP contribution in [0.4, 0.5) is 0 Å². The van der Waals surface area contributed by atoms with Gasteiger partial charge in [-0.05, 0) is 14.1 Å². The summed E-state index contributed by atoms with van der Waals surface area (Å²) >= 11 is 0. The normalized spacial score (nSPS) is 12.8. The summed E-state index contributed by atoms with van der Waals surface area (Å²) in [6.07, 6.45) is 0. The predicted molar refractivity (Wildman–Crippen MR) is 70.5 cm³/mol. The van der Waals surface area contributed by atoms with Crippen LogP contribution in [0.5, 0.6) is 0 Å². The van der Waals surface area contributed by atoms with Gasteiger partial charge in [0.2, 0.25) is 5.91 Å². The van der Waals surface area contributed by atoms with Crippen molar-refractivity contribution < 1.29 is 14.7 Å². The van der Waals surface area contributed by atoms with E-state index in [1.54, 1.807) is 6.92 Å². The van der Waals surface area contributed by atoms with Gasteiger partial charge in [0, 0.05) is 39.6 Å². The Hall–Kier alpha value is -1.14. The predicted octanol–water partition coefficient (Wildman–Crippen LogP) is -0.293. The Balaban J connectivity index is 4.14. The minimum Gasteiger partial charge on any atom is -0.481 e. The van der Waals surface area contributed by atoms with Crippen molar-refractivity contribution in [1.29, 1.82) is 0 Å². The molecular formula is C12H25N3O3. The highest BCUT2D eigenvalue weighted by atomic mass is 16.4. The Bertz CT molecular complexity index is 269. The second kappa shape index (κ2) is 8.88. The molecule has 106 valence electrons. The molecule has 0 aromatic rings. The van der Waals surface area contributed by atoms with Crippen LogP contribution in [0.3, 0.4) is 0 Å². The van der Waals surface area contributed by atoms with Gasteiger partial charge >= 0.3 is 5.97 Å². The van der Waals surface area contributed by atoms with Gasteiger partial charge in [-0.25, -0.2) is 0 Å². The fourth-order valence-electron chi connectivity index (χ4n) is 1.49. The van der Waals surface area contributed by atoms with E-state index in [9.17, 15) is 9.59 Å². The summed E-state index contributed by atoms with van der Waals surface area (Å²) < 4.78 is 0. The lowest BCUT2D eigenvalue weighted by molar-refractivity contribution is -0.141. The summed E-state index contributed by atoms with van der Waals surface area (Å²) in [6.45, 7) is 6.56. The third-order valence-corrected chi connectivity index (χ3v) is 2.62. The highest BCUT2D eigenvalue weighted by Gasteiger charge is 2.16. The fourth-order valence-corrected chi connectivity index (χ4v) is 1.49. The Labute approximate surface area is 109 Å². The van der Waals surface area contributed by atoms with Gasteiger partial charge in [-0.1, -0.05) is 6.92 Å². The third kappa shape index (κ3) is 8.95. The van der Waals surface area contributed by atoms with Crippen molar-refractivity contribution in [3.05, 3.63) is 0 Å². The summed E-state index contributed by atoms with van der Waals surface area (Å²) in [5, 5.41) is 11.6. The zero-order valence-electron chi connectivity index (χ0n) is 11.8. The molecule has 0 radical (unpaired) electrons. The van der Waals surface area contributed by atoms with Crippen LogP contribution in [0.1, 0.15) is 13.8 Å². The number of rotatable bonds is 9. The van der Waals surface area contributed by atoms with Gasteiger partial charge in [0.15, 0.2) is 0 Å². The van der Waals surface area contributed by atoms with E-state index in [0.717, 1.165) is 13.1 Å². The summed E-state index contributed by atoms with van der Waals surface area (Å²) in [5.74, 6) is -1.25. The molecule has 0 aromatic carbocycles. The molecule has 1 atom stereocenters. The fraction of sp³-hybridized carbons (Fsp3) is 0.833. The summed E-state index contributed by atoms with van der Waals surface area (Å²) in [4.78, 5) is 25.8. The average Bonchev–Trinajstić information content (AvgIpc) is 2.24. The van der Waals surface area contributed by atoms with Gasteiger partial charge in [0.25, 0.3) is 0 Å².